The van der Waals surface area contributed by atoms with Crippen LogP contribution in [0.25, 0.3) is 0 Å². The van der Waals surface area contributed by atoms with Gasteiger partial charge < -0.3 is 5.11 Å². The number of benzene rings is 1. The SMILES string of the molecule is CCN(CC(C)C)C1CCCc2ccccc2C1O. The number of rotatable bonds is 4. The molecule has 2 heteroatoms. The summed E-state index contributed by atoms with van der Waals surface area (Å²) in [5.41, 5.74) is 2.48. The summed E-state index contributed by atoms with van der Waals surface area (Å²) in [5, 5.41) is 10.8. The number of hydrogen-bond acceptors (Lipinski definition) is 2. The van der Waals surface area contributed by atoms with Crippen molar-refractivity contribution in [1.82, 2.24) is 4.90 Å². The first-order valence-electron chi connectivity index (χ1n) is 7.63. The number of fused-ring (bicyclic) bond motifs is 1. The second-order valence-corrected chi connectivity index (χ2v) is 6.08. The third-order valence-corrected chi connectivity index (χ3v) is 4.16. The van der Waals surface area contributed by atoms with Gasteiger partial charge in [0.05, 0.1) is 6.10 Å². The van der Waals surface area contributed by atoms with E-state index in [-0.39, 0.29) is 12.1 Å². The summed E-state index contributed by atoms with van der Waals surface area (Å²) in [7, 11) is 0. The molecule has 1 aliphatic rings. The highest BCUT2D eigenvalue weighted by atomic mass is 16.3. The Balaban J connectivity index is 2.22. The summed E-state index contributed by atoms with van der Waals surface area (Å²) >= 11 is 0. The molecule has 1 N–H and O–H groups in total. The molecule has 2 atom stereocenters. The van der Waals surface area contributed by atoms with Crippen molar-refractivity contribution in [2.24, 2.45) is 5.92 Å². The second kappa shape index (κ2) is 6.53. The highest BCUT2D eigenvalue weighted by molar-refractivity contribution is 5.31. The summed E-state index contributed by atoms with van der Waals surface area (Å²) in [6.45, 7) is 8.79. The Hall–Kier alpha value is -0.860. The predicted octanol–water partition coefficient (Wildman–Crippen LogP) is 3.40. The van der Waals surface area contributed by atoms with Crippen molar-refractivity contribution in [1.29, 1.82) is 0 Å². The Morgan fingerprint density at radius 2 is 2.05 bits per heavy atom. The quantitative estimate of drug-likeness (QED) is 0.840. The van der Waals surface area contributed by atoms with Crippen LogP contribution in [0.15, 0.2) is 24.3 Å². The van der Waals surface area contributed by atoms with E-state index in [2.05, 4.69) is 43.9 Å². The molecule has 0 amide bonds. The Labute approximate surface area is 117 Å². The molecule has 0 fully saturated rings. The summed E-state index contributed by atoms with van der Waals surface area (Å²) in [6, 6.07) is 8.66. The molecular weight excluding hydrogens is 234 g/mol. The van der Waals surface area contributed by atoms with Crippen molar-refractivity contribution in [2.75, 3.05) is 13.1 Å². The van der Waals surface area contributed by atoms with Crippen LogP contribution in [-0.2, 0) is 6.42 Å². The summed E-state index contributed by atoms with van der Waals surface area (Å²) < 4.78 is 0. The molecule has 1 aromatic carbocycles. The molecule has 0 heterocycles. The molecule has 19 heavy (non-hydrogen) atoms. The first-order valence-corrected chi connectivity index (χ1v) is 7.63. The molecule has 2 unspecified atom stereocenters. The zero-order valence-corrected chi connectivity index (χ0v) is 12.5. The Kier molecular flexibility index (Phi) is 5.00. The third kappa shape index (κ3) is 3.37. The summed E-state index contributed by atoms with van der Waals surface area (Å²) in [4.78, 5) is 2.46. The third-order valence-electron chi connectivity index (χ3n) is 4.16. The molecule has 0 radical (unpaired) electrons. The number of likely N-dealkylation sites (N-methyl/N-ethyl adjacent to an activating group) is 1. The number of aryl methyl sites for hydroxylation is 1. The molecule has 1 aliphatic carbocycles. The number of nitrogens with zero attached hydrogens (tertiary/aromatic N) is 1. The maximum atomic E-state index is 10.8. The maximum absolute atomic E-state index is 10.8. The number of hydrogen-bond donors (Lipinski definition) is 1. The molecule has 2 nitrogen and oxygen atoms in total. The van der Waals surface area contributed by atoms with E-state index >= 15 is 0 Å². The molecule has 0 aliphatic heterocycles. The summed E-state index contributed by atoms with van der Waals surface area (Å²) in [6.07, 6.45) is 3.03. The average molecular weight is 261 g/mol. The summed E-state index contributed by atoms with van der Waals surface area (Å²) in [5.74, 6) is 0.644. The van der Waals surface area contributed by atoms with Gasteiger partial charge in [-0.1, -0.05) is 45.0 Å². The Bertz CT molecular complexity index is 402. The van der Waals surface area contributed by atoms with Gasteiger partial charge in [0.15, 0.2) is 0 Å². The lowest BCUT2D eigenvalue weighted by Gasteiger charge is -2.34. The monoisotopic (exact) mass is 261 g/mol. The van der Waals surface area contributed by atoms with Gasteiger partial charge in [0, 0.05) is 12.6 Å². The van der Waals surface area contributed by atoms with Crippen molar-refractivity contribution >= 4 is 0 Å². The van der Waals surface area contributed by atoms with Crippen molar-refractivity contribution in [2.45, 2.75) is 52.2 Å². The Morgan fingerprint density at radius 3 is 2.74 bits per heavy atom. The Morgan fingerprint density at radius 1 is 1.32 bits per heavy atom. The fraction of sp³-hybridized carbons (Fsp3) is 0.647. The predicted molar refractivity (Wildman–Crippen MR) is 80.2 cm³/mol. The topological polar surface area (TPSA) is 23.5 Å². The van der Waals surface area contributed by atoms with Crippen LogP contribution in [0.5, 0.6) is 0 Å². The fourth-order valence-corrected chi connectivity index (χ4v) is 3.27. The standard InChI is InChI=1S/C17H27NO/c1-4-18(12-13(2)3)16-11-7-9-14-8-5-6-10-15(14)17(16)19/h5-6,8,10,13,16-17,19H,4,7,9,11-12H2,1-3H3. The second-order valence-electron chi connectivity index (χ2n) is 6.08. The molecule has 0 saturated carbocycles. The zero-order chi connectivity index (χ0) is 13.8. The molecule has 1 aromatic rings. The van der Waals surface area contributed by atoms with Gasteiger partial charge in [0.25, 0.3) is 0 Å². The molecule has 0 aromatic heterocycles. The van der Waals surface area contributed by atoms with E-state index in [0.717, 1.165) is 31.5 Å². The van der Waals surface area contributed by atoms with Crippen LogP contribution in [0.3, 0.4) is 0 Å². The van der Waals surface area contributed by atoms with Gasteiger partial charge in [-0.25, -0.2) is 0 Å². The molecule has 0 saturated heterocycles. The minimum absolute atomic E-state index is 0.274. The van der Waals surface area contributed by atoms with Crippen molar-refractivity contribution in [3.8, 4) is 0 Å². The van der Waals surface area contributed by atoms with E-state index in [0.29, 0.717) is 5.92 Å². The molecule has 106 valence electrons. The van der Waals surface area contributed by atoms with E-state index in [1.54, 1.807) is 0 Å². The fourth-order valence-electron chi connectivity index (χ4n) is 3.27. The van der Waals surface area contributed by atoms with Gasteiger partial charge in [-0.05, 0) is 42.9 Å². The molecular formula is C17H27NO. The van der Waals surface area contributed by atoms with Gasteiger partial charge in [-0.3, -0.25) is 4.90 Å². The van der Waals surface area contributed by atoms with Crippen molar-refractivity contribution < 1.29 is 5.11 Å². The van der Waals surface area contributed by atoms with Crippen molar-refractivity contribution in [3.63, 3.8) is 0 Å². The largest absolute Gasteiger partial charge is 0.387 e. The van der Waals surface area contributed by atoms with Crippen LogP contribution in [0.2, 0.25) is 0 Å². The first kappa shape index (κ1) is 14.5. The molecule has 0 spiro atoms. The number of aliphatic hydroxyl groups is 1. The normalized spacial score (nSPS) is 23.5. The zero-order valence-electron chi connectivity index (χ0n) is 12.5. The van der Waals surface area contributed by atoms with E-state index in [9.17, 15) is 5.11 Å². The van der Waals surface area contributed by atoms with Crippen molar-refractivity contribution in [3.05, 3.63) is 35.4 Å². The van der Waals surface area contributed by atoms with Crippen LogP contribution in [-0.4, -0.2) is 29.1 Å². The van der Waals surface area contributed by atoms with E-state index in [1.165, 1.54) is 12.0 Å². The van der Waals surface area contributed by atoms with Crippen LogP contribution in [0.4, 0.5) is 0 Å². The first-order chi connectivity index (χ1) is 9.13. The molecule has 0 bridgehead atoms. The lowest BCUT2D eigenvalue weighted by atomic mass is 9.97. The lowest BCUT2D eigenvalue weighted by Crippen LogP contribution is -2.41. The van der Waals surface area contributed by atoms with Gasteiger partial charge in [-0.15, -0.1) is 0 Å². The van der Waals surface area contributed by atoms with Crippen LogP contribution < -0.4 is 0 Å². The highest BCUT2D eigenvalue weighted by Gasteiger charge is 2.29. The minimum Gasteiger partial charge on any atom is -0.387 e. The van der Waals surface area contributed by atoms with Gasteiger partial charge >= 0.3 is 0 Å². The van der Waals surface area contributed by atoms with Crippen LogP contribution in [0, 0.1) is 5.92 Å². The van der Waals surface area contributed by atoms with Crippen LogP contribution >= 0.6 is 0 Å². The van der Waals surface area contributed by atoms with Gasteiger partial charge in [-0.2, -0.15) is 0 Å². The van der Waals surface area contributed by atoms with E-state index < -0.39 is 0 Å². The minimum atomic E-state index is -0.336. The highest BCUT2D eigenvalue weighted by Crippen LogP contribution is 2.32. The molecule has 2 rings (SSSR count). The van der Waals surface area contributed by atoms with Gasteiger partial charge in [0.1, 0.15) is 0 Å². The maximum Gasteiger partial charge on any atom is 0.0947 e. The van der Waals surface area contributed by atoms with Gasteiger partial charge in [0.2, 0.25) is 0 Å². The van der Waals surface area contributed by atoms with Crippen LogP contribution in [0.1, 0.15) is 50.8 Å². The van der Waals surface area contributed by atoms with E-state index in [4.69, 9.17) is 0 Å². The van der Waals surface area contributed by atoms with E-state index in [1.807, 2.05) is 6.07 Å². The smallest absolute Gasteiger partial charge is 0.0947 e. The number of aliphatic hydroxyl groups excluding tert-OH is 1. The lowest BCUT2D eigenvalue weighted by molar-refractivity contribution is 0.0412. The average Bonchev–Trinajstić information content (AvgIpc) is 2.56.